The molecule has 4 nitrogen and oxygen atoms in total. The Morgan fingerprint density at radius 3 is 2.89 bits per heavy atom. The van der Waals surface area contributed by atoms with Gasteiger partial charge < -0.3 is 10.6 Å². The van der Waals surface area contributed by atoms with Gasteiger partial charge in [0.1, 0.15) is 16.6 Å². The van der Waals surface area contributed by atoms with Crippen LogP contribution in [0.5, 0.6) is 0 Å². The molecule has 1 aromatic rings. The predicted molar refractivity (Wildman–Crippen MR) is 74.1 cm³/mol. The molecule has 1 fully saturated rings. The molecule has 0 saturated carbocycles. The minimum Gasteiger partial charge on any atom is -0.396 e. The molecule has 0 aliphatic carbocycles. The smallest absolute Gasteiger partial charge is 0.171 e. The monoisotopic (exact) mass is 263 g/mol. The molecule has 0 bridgehead atoms. The van der Waals surface area contributed by atoms with Gasteiger partial charge in [0.15, 0.2) is 5.78 Å². The molecule has 0 radical (unpaired) electrons. The molecule has 1 aliphatic rings. The first-order valence-electron chi connectivity index (χ1n) is 6.16. The Kier molecular flexibility index (Phi) is 3.58. The van der Waals surface area contributed by atoms with Gasteiger partial charge >= 0.3 is 0 Å². The quantitative estimate of drug-likeness (QED) is 0.851. The third-order valence-corrected chi connectivity index (χ3v) is 4.88. The van der Waals surface area contributed by atoms with E-state index in [4.69, 9.17) is 5.73 Å². The standard InChI is InChI=1S/C13H17N3OS/c1-3-9-4-5-16(7-9)13-10(6-14)11(15)12(18-13)8(2)17/h9H,3-5,7,15H2,1-2H3. The second-order valence-corrected chi connectivity index (χ2v) is 5.70. The number of nitrogens with zero attached hydrogens (tertiary/aromatic N) is 2. The van der Waals surface area contributed by atoms with Crippen LogP contribution in [0.4, 0.5) is 10.7 Å². The van der Waals surface area contributed by atoms with Gasteiger partial charge in [0.25, 0.3) is 0 Å². The van der Waals surface area contributed by atoms with Crippen LogP contribution >= 0.6 is 11.3 Å². The number of ketones is 1. The molecule has 18 heavy (non-hydrogen) atoms. The molecule has 96 valence electrons. The van der Waals surface area contributed by atoms with Crippen LogP contribution < -0.4 is 10.6 Å². The molecule has 2 heterocycles. The summed E-state index contributed by atoms with van der Waals surface area (Å²) in [5.41, 5.74) is 6.72. The van der Waals surface area contributed by atoms with Gasteiger partial charge in [-0.2, -0.15) is 5.26 Å². The highest BCUT2D eigenvalue weighted by molar-refractivity contribution is 7.19. The molecule has 1 aromatic heterocycles. The predicted octanol–water partition coefficient (Wildman–Crippen LogP) is 2.64. The Morgan fingerprint density at radius 2 is 2.39 bits per heavy atom. The molecule has 1 unspecified atom stereocenters. The Bertz CT molecular complexity index is 515. The van der Waals surface area contributed by atoms with Crippen LogP contribution in [0.2, 0.25) is 0 Å². The minimum absolute atomic E-state index is 0.0634. The number of carbonyl (C=O) groups excluding carboxylic acids is 1. The van der Waals surface area contributed by atoms with Crippen molar-refractivity contribution in [1.29, 1.82) is 5.26 Å². The molecule has 1 saturated heterocycles. The maximum atomic E-state index is 11.5. The van der Waals surface area contributed by atoms with Crippen molar-refractivity contribution in [3.05, 3.63) is 10.4 Å². The maximum absolute atomic E-state index is 11.5. The normalized spacial score (nSPS) is 18.9. The molecule has 1 aliphatic heterocycles. The first kappa shape index (κ1) is 12.9. The number of Topliss-reactive ketones (excluding diaryl/α,β-unsaturated/α-hetero) is 1. The van der Waals surface area contributed by atoms with Crippen LogP contribution in [-0.2, 0) is 0 Å². The lowest BCUT2D eigenvalue weighted by Gasteiger charge is -2.16. The summed E-state index contributed by atoms with van der Waals surface area (Å²) >= 11 is 1.36. The van der Waals surface area contributed by atoms with Crippen LogP contribution in [0.15, 0.2) is 0 Å². The first-order valence-corrected chi connectivity index (χ1v) is 6.98. The summed E-state index contributed by atoms with van der Waals surface area (Å²) in [6, 6.07) is 2.14. The van der Waals surface area contributed by atoms with Crippen molar-refractivity contribution in [3.63, 3.8) is 0 Å². The number of nitrogen functional groups attached to an aromatic ring is 1. The summed E-state index contributed by atoms with van der Waals surface area (Å²) in [5.74, 6) is 0.618. The van der Waals surface area contributed by atoms with Crippen molar-refractivity contribution < 1.29 is 4.79 Å². The maximum Gasteiger partial charge on any atom is 0.171 e. The van der Waals surface area contributed by atoms with Gasteiger partial charge in [-0.1, -0.05) is 13.3 Å². The van der Waals surface area contributed by atoms with Gasteiger partial charge in [-0.25, -0.2) is 0 Å². The molecule has 5 heteroatoms. The number of thiophene rings is 1. The fraction of sp³-hybridized carbons (Fsp3) is 0.538. The average Bonchev–Trinajstić information content (AvgIpc) is 2.92. The van der Waals surface area contributed by atoms with E-state index >= 15 is 0 Å². The highest BCUT2D eigenvalue weighted by Gasteiger charge is 2.27. The number of nitrogens with two attached hydrogens (primary N) is 1. The summed E-state index contributed by atoms with van der Waals surface area (Å²) in [7, 11) is 0. The van der Waals surface area contributed by atoms with E-state index < -0.39 is 0 Å². The van der Waals surface area contributed by atoms with Crippen molar-refractivity contribution in [1.82, 2.24) is 0 Å². The van der Waals surface area contributed by atoms with E-state index in [1.165, 1.54) is 18.3 Å². The van der Waals surface area contributed by atoms with Gasteiger partial charge in [-0.05, 0) is 12.3 Å². The van der Waals surface area contributed by atoms with Crippen LogP contribution in [0.25, 0.3) is 0 Å². The van der Waals surface area contributed by atoms with Gasteiger partial charge in [-0.15, -0.1) is 11.3 Å². The molecule has 0 amide bonds. The van der Waals surface area contributed by atoms with Crippen molar-refractivity contribution >= 4 is 27.8 Å². The first-order chi connectivity index (χ1) is 8.58. The number of nitriles is 1. The zero-order chi connectivity index (χ0) is 13.3. The lowest BCUT2D eigenvalue weighted by atomic mass is 10.1. The van der Waals surface area contributed by atoms with Crippen molar-refractivity contribution in [3.8, 4) is 6.07 Å². The summed E-state index contributed by atoms with van der Waals surface area (Å²) < 4.78 is 0. The lowest BCUT2D eigenvalue weighted by Crippen LogP contribution is -2.19. The Labute approximate surface area is 111 Å². The number of rotatable bonds is 3. The number of hydrogen-bond acceptors (Lipinski definition) is 5. The third-order valence-electron chi connectivity index (χ3n) is 3.51. The van der Waals surface area contributed by atoms with Crippen LogP contribution in [0.3, 0.4) is 0 Å². The van der Waals surface area contributed by atoms with E-state index in [0.717, 1.165) is 30.9 Å². The number of hydrogen-bond donors (Lipinski definition) is 1. The Morgan fingerprint density at radius 1 is 1.67 bits per heavy atom. The zero-order valence-corrected chi connectivity index (χ0v) is 11.5. The molecule has 2 rings (SSSR count). The molecule has 2 N–H and O–H groups in total. The second kappa shape index (κ2) is 4.99. The molecular formula is C13H17N3OS. The van der Waals surface area contributed by atoms with Gasteiger partial charge in [0.05, 0.1) is 10.6 Å². The van der Waals surface area contributed by atoms with Gasteiger partial charge in [-0.3, -0.25) is 4.79 Å². The topological polar surface area (TPSA) is 70.1 Å². The van der Waals surface area contributed by atoms with E-state index in [2.05, 4.69) is 17.9 Å². The highest BCUT2D eigenvalue weighted by atomic mass is 32.1. The summed E-state index contributed by atoms with van der Waals surface area (Å²) in [5, 5.41) is 10.1. The fourth-order valence-corrected chi connectivity index (χ4v) is 3.48. The second-order valence-electron chi connectivity index (χ2n) is 4.70. The molecule has 0 spiro atoms. The lowest BCUT2D eigenvalue weighted by molar-refractivity contribution is 0.102. The minimum atomic E-state index is -0.0634. The number of carbonyl (C=O) groups is 1. The third kappa shape index (κ3) is 2.08. The Hall–Kier alpha value is -1.54. The summed E-state index contributed by atoms with van der Waals surface area (Å²) in [6.45, 7) is 5.59. The van der Waals surface area contributed by atoms with Crippen molar-refractivity contribution in [2.75, 3.05) is 23.7 Å². The summed E-state index contributed by atoms with van der Waals surface area (Å²) in [6.07, 6.45) is 2.30. The fourth-order valence-electron chi connectivity index (χ4n) is 2.37. The summed E-state index contributed by atoms with van der Waals surface area (Å²) in [4.78, 5) is 14.2. The number of anilines is 2. The van der Waals surface area contributed by atoms with E-state index in [-0.39, 0.29) is 5.78 Å². The van der Waals surface area contributed by atoms with Crippen LogP contribution in [0, 0.1) is 17.2 Å². The van der Waals surface area contributed by atoms with Gasteiger partial charge in [0.2, 0.25) is 0 Å². The molecule has 1 atom stereocenters. The van der Waals surface area contributed by atoms with E-state index in [0.29, 0.717) is 22.0 Å². The van der Waals surface area contributed by atoms with Gasteiger partial charge in [0, 0.05) is 20.0 Å². The van der Waals surface area contributed by atoms with E-state index in [1.54, 1.807) is 0 Å². The zero-order valence-electron chi connectivity index (χ0n) is 10.7. The largest absolute Gasteiger partial charge is 0.396 e. The van der Waals surface area contributed by atoms with Crippen molar-refractivity contribution in [2.45, 2.75) is 26.7 Å². The molecular weight excluding hydrogens is 246 g/mol. The van der Waals surface area contributed by atoms with Crippen LogP contribution in [0.1, 0.15) is 41.9 Å². The van der Waals surface area contributed by atoms with E-state index in [9.17, 15) is 10.1 Å². The van der Waals surface area contributed by atoms with E-state index in [1.807, 2.05) is 0 Å². The SMILES string of the molecule is CCC1CCN(c2sc(C(C)=O)c(N)c2C#N)C1. The van der Waals surface area contributed by atoms with Crippen LogP contribution in [-0.4, -0.2) is 18.9 Å². The van der Waals surface area contributed by atoms with Crippen molar-refractivity contribution in [2.24, 2.45) is 5.92 Å². The highest BCUT2D eigenvalue weighted by Crippen LogP contribution is 2.40. The molecule has 0 aromatic carbocycles. The average molecular weight is 263 g/mol. The Balaban J connectivity index is 2.37.